The molecule has 5 rings (SSSR count). The third-order valence-corrected chi connectivity index (χ3v) is 6.08. The van der Waals surface area contributed by atoms with Crippen LogP contribution in [0.4, 0.5) is 14.6 Å². The Balaban J connectivity index is 1.21. The fourth-order valence-electron chi connectivity index (χ4n) is 4.18. The first-order valence-electron chi connectivity index (χ1n) is 11.5. The number of nitrogens with zero attached hydrogens (tertiary/aromatic N) is 4. The van der Waals surface area contributed by atoms with Crippen LogP contribution >= 0.6 is 0 Å². The second-order valence-electron chi connectivity index (χ2n) is 8.43. The Morgan fingerprint density at radius 3 is 2.83 bits per heavy atom. The lowest BCUT2D eigenvalue weighted by atomic mass is 10.1. The van der Waals surface area contributed by atoms with E-state index in [1.165, 1.54) is 18.3 Å². The van der Waals surface area contributed by atoms with Crippen LogP contribution in [0, 0.1) is 11.6 Å². The molecule has 0 radical (unpaired) electrons. The van der Waals surface area contributed by atoms with Gasteiger partial charge in [0.05, 0.1) is 11.8 Å². The summed E-state index contributed by atoms with van der Waals surface area (Å²) in [7, 11) is 0. The average Bonchev–Trinajstić information content (AvgIpc) is 3.50. The van der Waals surface area contributed by atoms with E-state index in [0.717, 1.165) is 18.9 Å². The number of rotatable bonds is 7. The summed E-state index contributed by atoms with van der Waals surface area (Å²) in [6.45, 7) is 4.93. The van der Waals surface area contributed by atoms with Crippen molar-refractivity contribution in [2.45, 2.75) is 25.3 Å². The van der Waals surface area contributed by atoms with Crippen molar-refractivity contribution in [3.8, 4) is 0 Å². The minimum absolute atomic E-state index is 0.0743. The Bertz CT molecular complexity index is 1460. The molecule has 1 aromatic carbocycles. The molecule has 1 aliphatic rings. The zero-order chi connectivity index (χ0) is 25.2. The molecule has 0 atom stereocenters. The Hall–Kier alpha value is -4.35. The lowest BCUT2D eigenvalue weighted by Crippen LogP contribution is -2.41. The largest absolute Gasteiger partial charge is 0.437 e. The van der Waals surface area contributed by atoms with E-state index in [0.29, 0.717) is 35.6 Å². The van der Waals surface area contributed by atoms with Gasteiger partial charge in [0.1, 0.15) is 16.9 Å². The molecule has 36 heavy (non-hydrogen) atoms. The zero-order valence-corrected chi connectivity index (χ0v) is 19.2. The van der Waals surface area contributed by atoms with E-state index in [9.17, 15) is 18.4 Å². The number of hydrogen-bond donors (Lipinski definition) is 3. The number of fused-ring (bicyclic) bond motifs is 2. The number of halogens is 2. The lowest BCUT2D eigenvalue weighted by molar-refractivity contribution is -0.126. The number of benzene rings is 1. The maximum absolute atomic E-state index is 13.8. The fourth-order valence-corrected chi connectivity index (χ4v) is 4.18. The summed E-state index contributed by atoms with van der Waals surface area (Å²) in [5.41, 5.74) is 1.16. The molecule has 0 unspecified atom stereocenters. The average molecular weight is 495 g/mol. The number of carbonyl (C=O) groups excluding carboxylic acids is 2. The van der Waals surface area contributed by atoms with E-state index < -0.39 is 11.6 Å². The number of likely N-dealkylation sites (tertiary alicyclic amines) is 1. The van der Waals surface area contributed by atoms with Gasteiger partial charge in [-0.1, -0.05) is 6.58 Å². The van der Waals surface area contributed by atoms with Gasteiger partial charge in [-0.2, -0.15) is 4.39 Å². The van der Waals surface area contributed by atoms with Crippen molar-refractivity contribution in [1.82, 2.24) is 30.2 Å². The molecule has 186 valence electrons. The topological polar surface area (TPSA) is 129 Å². The van der Waals surface area contributed by atoms with Crippen molar-refractivity contribution in [1.29, 1.82) is 0 Å². The Morgan fingerprint density at radius 2 is 2.06 bits per heavy atom. The molecule has 1 aliphatic heterocycles. The molecule has 10 nitrogen and oxygen atoms in total. The highest BCUT2D eigenvalue weighted by atomic mass is 19.2. The molecule has 4 heterocycles. The summed E-state index contributed by atoms with van der Waals surface area (Å²) in [6.07, 6.45) is 6.14. The van der Waals surface area contributed by atoms with Crippen molar-refractivity contribution in [2.75, 3.05) is 25.0 Å². The minimum Gasteiger partial charge on any atom is -0.437 e. The highest BCUT2D eigenvalue weighted by Gasteiger charge is 2.22. The molecule has 12 heteroatoms. The molecule has 4 aromatic rings. The molecule has 3 N–H and O–H groups in total. The summed E-state index contributed by atoms with van der Waals surface area (Å²) in [5, 5.41) is 6.09. The SMILES string of the molecule is C=CC(=O)N1CCC(Nc2cnc3[nH]cc(C(=O)NCCc4nc5ccc(F)c(F)c5o4)c3n2)CC1. The maximum Gasteiger partial charge on any atom is 0.255 e. The highest BCUT2D eigenvalue weighted by molar-refractivity contribution is 6.04. The van der Waals surface area contributed by atoms with Crippen LogP contribution in [0.1, 0.15) is 29.1 Å². The van der Waals surface area contributed by atoms with Crippen molar-refractivity contribution < 1.29 is 22.8 Å². The van der Waals surface area contributed by atoms with Crippen molar-refractivity contribution in [2.24, 2.45) is 0 Å². The van der Waals surface area contributed by atoms with E-state index >= 15 is 0 Å². The number of oxazole rings is 1. The third-order valence-electron chi connectivity index (χ3n) is 6.08. The van der Waals surface area contributed by atoms with Gasteiger partial charge in [-0.05, 0) is 31.1 Å². The predicted molar refractivity (Wildman–Crippen MR) is 127 cm³/mol. The second kappa shape index (κ2) is 9.72. The number of amides is 2. The molecule has 2 amide bonds. The summed E-state index contributed by atoms with van der Waals surface area (Å²) in [6, 6.07) is 2.44. The van der Waals surface area contributed by atoms with E-state index in [2.05, 4.69) is 37.1 Å². The summed E-state index contributed by atoms with van der Waals surface area (Å²) < 4.78 is 32.5. The van der Waals surface area contributed by atoms with E-state index in [4.69, 9.17) is 4.42 Å². The van der Waals surface area contributed by atoms with Gasteiger partial charge in [0, 0.05) is 38.3 Å². The number of H-pyrrole nitrogens is 1. The summed E-state index contributed by atoms with van der Waals surface area (Å²) in [4.78, 5) is 42.3. The van der Waals surface area contributed by atoms with E-state index in [1.54, 1.807) is 11.1 Å². The standard InChI is InChI=1S/C24H23F2N7O3/c1-2-19(34)33-9-6-13(7-10-33)30-17-12-29-23-21(32-17)14(11-28-23)24(35)27-8-5-18-31-16-4-3-15(25)20(26)22(16)36-18/h2-4,11-13H,1,5-10H2,(H,27,35)(H,28,29)(H,30,32). The fraction of sp³-hybridized carbons (Fsp3) is 0.292. The van der Waals surface area contributed by atoms with Gasteiger partial charge < -0.3 is 24.9 Å². The summed E-state index contributed by atoms with van der Waals surface area (Å²) in [5.74, 6) is -1.84. The number of aromatic nitrogens is 4. The van der Waals surface area contributed by atoms with Gasteiger partial charge in [-0.3, -0.25) is 9.59 Å². The summed E-state index contributed by atoms with van der Waals surface area (Å²) >= 11 is 0. The normalized spacial score (nSPS) is 14.3. The lowest BCUT2D eigenvalue weighted by Gasteiger charge is -2.31. The van der Waals surface area contributed by atoms with Gasteiger partial charge in [0.15, 0.2) is 22.9 Å². The Labute approximate surface area is 203 Å². The highest BCUT2D eigenvalue weighted by Crippen LogP contribution is 2.22. The molecule has 3 aromatic heterocycles. The number of piperidine rings is 1. The molecular formula is C24H23F2N7O3. The minimum atomic E-state index is -1.09. The molecule has 0 saturated carbocycles. The number of carbonyl (C=O) groups is 2. The molecule has 1 saturated heterocycles. The van der Waals surface area contributed by atoms with Crippen LogP contribution in [0.25, 0.3) is 22.3 Å². The predicted octanol–water partition coefficient (Wildman–Crippen LogP) is 2.94. The first kappa shape index (κ1) is 23.4. The van der Waals surface area contributed by atoms with Crippen LogP contribution in [-0.2, 0) is 11.2 Å². The molecule has 0 aliphatic carbocycles. The quantitative estimate of drug-likeness (QED) is 0.336. The first-order valence-corrected chi connectivity index (χ1v) is 11.5. The van der Waals surface area contributed by atoms with Crippen LogP contribution in [-0.4, -0.2) is 62.3 Å². The maximum atomic E-state index is 13.8. The number of anilines is 1. The molecule has 0 bridgehead atoms. The van der Waals surface area contributed by atoms with Gasteiger partial charge in [0.25, 0.3) is 5.91 Å². The Kier molecular flexibility index (Phi) is 6.32. The van der Waals surface area contributed by atoms with E-state index in [1.807, 2.05) is 0 Å². The monoisotopic (exact) mass is 495 g/mol. The molecular weight excluding hydrogens is 472 g/mol. The van der Waals surface area contributed by atoms with Gasteiger partial charge in [0.2, 0.25) is 11.7 Å². The molecule has 0 spiro atoms. The van der Waals surface area contributed by atoms with Crippen molar-refractivity contribution >= 4 is 39.9 Å². The second-order valence-corrected chi connectivity index (χ2v) is 8.43. The van der Waals surface area contributed by atoms with Gasteiger partial charge in [-0.25, -0.2) is 19.3 Å². The Morgan fingerprint density at radius 1 is 1.25 bits per heavy atom. The molecule has 1 fully saturated rings. The number of hydrogen-bond acceptors (Lipinski definition) is 7. The number of nitrogens with one attached hydrogen (secondary N) is 3. The number of aromatic amines is 1. The van der Waals surface area contributed by atoms with Crippen LogP contribution in [0.5, 0.6) is 0 Å². The van der Waals surface area contributed by atoms with Crippen LogP contribution in [0.2, 0.25) is 0 Å². The van der Waals surface area contributed by atoms with Crippen LogP contribution < -0.4 is 10.6 Å². The van der Waals surface area contributed by atoms with Gasteiger partial charge >= 0.3 is 0 Å². The smallest absolute Gasteiger partial charge is 0.255 e. The van der Waals surface area contributed by atoms with Gasteiger partial charge in [-0.15, -0.1) is 0 Å². The van der Waals surface area contributed by atoms with Crippen molar-refractivity contribution in [3.63, 3.8) is 0 Å². The van der Waals surface area contributed by atoms with Crippen LogP contribution in [0.3, 0.4) is 0 Å². The third kappa shape index (κ3) is 4.61. The first-order chi connectivity index (χ1) is 17.4. The van der Waals surface area contributed by atoms with Crippen LogP contribution in [0.15, 0.2) is 41.6 Å². The van der Waals surface area contributed by atoms with Crippen molar-refractivity contribution in [3.05, 3.63) is 60.3 Å². The van der Waals surface area contributed by atoms with E-state index in [-0.39, 0.29) is 47.8 Å². The zero-order valence-electron chi connectivity index (χ0n) is 19.2.